The number of aliphatic hydroxyl groups excluding tert-OH is 1. The molecular formula is C27H32N6O2. The third-order valence-corrected chi connectivity index (χ3v) is 6.34. The molecule has 35 heavy (non-hydrogen) atoms. The molecule has 1 aliphatic carbocycles. The minimum atomic E-state index is -0.597. The van der Waals surface area contributed by atoms with Crippen LogP contribution in [0.3, 0.4) is 0 Å². The molecule has 182 valence electrons. The van der Waals surface area contributed by atoms with E-state index in [1.807, 2.05) is 36.4 Å². The van der Waals surface area contributed by atoms with E-state index in [2.05, 4.69) is 28.3 Å². The standard InChI is InChI=1S/C27H32N6O2/c1-29-17-23(34)18-35-24-10-6-7-20(14-24)27-31-25(19-11-12-30-21(13-19)16-28)15-26(32-27)33(2)22-8-4-3-5-9-22/h6-7,10-15,22-23,29,34H,3-5,8-9,17-18H2,1-2H3. The van der Waals surface area contributed by atoms with E-state index in [0.717, 1.165) is 35.5 Å². The minimum absolute atomic E-state index is 0.189. The molecule has 1 aromatic carbocycles. The molecule has 8 heteroatoms. The Kier molecular flexibility index (Phi) is 8.24. The molecule has 1 saturated carbocycles. The summed E-state index contributed by atoms with van der Waals surface area (Å²) in [6, 6.07) is 15.7. The second-order valence-electron chi connectivity index (χ2n) is 8.93. The van der Waals surface area contributed by atoms with Gasteiger partial charge in [-0.05, 0) is 44.2 Å². The third kappa shape index (κ3) is 6.32. The van der Waals surface area contributed by atoms with Gasteiger partial charge in [0.2, 0.25) is 0 Å². The number of aliphatic hydroxyl groups is 1. The molecule has 0 spiro atoms. The number of aromatic nitrogens is 3. The van der Waals surface area contributed by atoms with Crippen molar-refractivity contribution in [2.45, 2.75) is 44.2 Å². The van der Waals surface area contributed by atoms with Crippen LogP contribution in [0.2, 0.25) is 0 Å². The first-order valence-electron chi connectivity index (χ1n) is 12.1. The SMILES string of the molecule is CNCC(O)COc1cccc(-c2nc(-c3ccnc(C#N)c3)cc(N(C)C3CCCCC3)n2)c1. The van der Waals surface area contributed by atoms with Crippen LogP contribution >= 0.6 is 0 Å². The lowest BCUT2D eigenvalue weighted by Crippen LogP contribution is -2.34. The number of pyridine rings is 1. The Morgan fingerprint density at radius 1 is 1.14 bits per heavy atom. The summed E-state index contributed by atoms with van der Waals surface area (Å²) in [7, 11) is 3.89. The van der Waals surface area contributed by atoms with Gasteiger partial charge in [0.15, 0.2) is 5.82 Å². The number of rotatable bonds is 9. The molecule has 4 rings (SSSR count). The van der Waals surface area contributed by atoms with Crippen molar-refractivity contribution in [3.63, 3.8) is 0 Å². The first-order chi connectivity index (χ1) is 17.1. The van der Waals surface area contributed by atoms with Crippen LogP contribution < -0.4 is 15.0 Å². The molecule has 3 aromatic rings. The zero-order valence-electron chi connectivity index (χ0n) is 20.3. The summed E-state index contributed by atoms with van der Waals surface area (Å²) in [6.45, 7) is 0.646. The highest BCUT2D eigenvalue weighted by Gasteiger charge is 2.21. The van der Waals surface area contributed by atoms with Gasteiger partial charge in [0.05, 0.1) is 5.69 Å². The number of hydrogen-bond acceptors (Lipinski definition) is 8. The van der Waals surface area contributed by atoms with E-state index in [-0.39, 0.29) is 6.61 Å². The fourth-order valence-corrected chi connectivity index (χ4v) is 4.41. The topological polar surface area (TPSA) is 107 Å². The number of likely N-dealkylation sites (N-methyl/N-ethyl adjacent to an activating group) is 1. The lowest BCUT2D eigenvalue weighted by molar-refractivity contribution is 0.108. The number of anilines is 1. The Labute approximate surface area is 206 Å². The molecule has 0 amide bonds. The second kappa shape index (κ2) is 11.7. The maximum absolute atomic E-state index is 9.98. The molecule has 1 aliphatic rings. The van der Waals surface area contributed by atoms with Crippen molar-refractivity contribution in [3.05, 3.63) is 54.4 Å². The van der Waals surface area contributed by atoms with Crippen molar-refractivity contribution >= 4 is 5.82 Å². The van der Waals surface area contributed by atoms with Crippen LogP contribution in [0.1, 0.15) is 37.8 Å². The summed E-state index contributed by atoms with van der Waals surface area (Å²) >= 11 is 0. The average molecular weight is 473 g/mol. The fraction of sp³-hybridized carbons (Fsp3) is 0.407. The van der Waals surface area contributed by atoms with Gasteiger partial charge in [-0.25, -0.2) is 15.0 Å². The van der Waals surface area contributed by atoms with E-state index in [1.165, 1.54) is 19.3 Å². The predicted octanol–water partition coefficient (Wildman–Crippen LogP) is 3.81. The first kappa shape index (κ1) is 24.6. The number of nitrogens with zero attached hydrogens (tertiary/aromatic N) is 5. The van der Waals surface area contributed by atoms with E-state index in [0.29, 0.717) is 29.9 Å². The van der Waals surface area contributed by atoms with Crippen LogP contribution in [0.15, 0.2) is 48.7 Å². The van der Waals surface area contributed by atoms with Crippen molar-refractivity contribution in [1.82, 2.24) is 20.3 Å². The molecule has 8 nitrogen and oxygen atoms in total. The van der Waals surface area contributed by atoms with Crippen LogP contribution in [0.5, 0.6) is 5.75 Å². The number of ether oxygens (including phenoxy) is 1. The fourth-order valence-electron chi connectivity index (χ4n) is 4.41. The van der Waals surface area contributed by atoms with Gasteiger partial charge in [-0.3, -0.25) is 0 Å². The Morgan fingerprint density at radius 2 is 1.97 bits per heavy atom. The molecule has 1 fully saturated rings. The van der Waals surface area contributed by atoms with Crippen LogP contribution in [-0.2, 0) is 0 Å². The monoisotopic (exact) mass is 472 g/mol. The largest absolute Gasteiger partial charge is 0.491 e. The summed E-state index contributed by atoms with van der Waals surface area (Å²) in [5.41, 5.74) is 2.73. The Morgan fingerprint density at radius 3 is 2.74 bits per heavy atom. The number of nitrogens with one attached hydrogen (secondary N) is 1. The third-order valence-electron chi connectivity index (χ3n) is 6.34. The van der Waals surface area contributed by atoms with Gasteiger partial charge in [0, 0.05) is 43.0 Å². The summed E-state index contributed by atoms with van der Waals surface area (Å²) in [5, 5.41) is 22.2. The quantitative estimate of drug-likeness (QED) is 0.484. The van der Waals surface area contributed by atoms with Crippen LogP contribution in [0.4, 0.5) is 5.82 Å². The molecule has 0 saturated heterocycles. The maximum Gasteiger partial charge on any atom is 0.162 e. The van der Waals surface area contributed by atoms with Gasteiger partial charge < -0.3 is 20.1 Å². The lowest BCUT2D eigenvalue weighted by Gasteiger charge is -2.32. The minimum Gasteiger partial charge on any atom is -0.491 e. The van der Waals surface area contributed by atoms with Crippen LogP contribution in [0.25, 0.3) is 22.6 Å². The van der Waals surface area contributed by atoms with Crippen molar-refractivity contribution in [1.29, 1.82) is 5.26 Å². The number of hydrogen-bond donors (Lipinski definition) is 2. The Balaban J connectivity index is 1.70. The van der Waals surface area contributed by atoms with Crippen molar-refractivity contribution < 1.29 is 9.84 Å². The van der Waals surface area contributed by atoms with Crippen molar-refractivity contribution in [3.8, 4) is 34.5 Å². The summed E-state index contributed by atoms with van der Waals surface area (Å²) in [5.74, 6) is 2.07. The number of nitriles is 1. The second-order valence-corrected chi connectivity index (χ2v) is 8.93. The normalized spacial score (nSPS) is 14.8. The molecule has 0 aliphatic heterocycles. The predicted molar refractivity (Wildman–Crippen MR) is 136 cm³/mol. The van der Waals surface area contributed by atoms with Gasteiger partial charge in [0.1, 0.15) is 36.0 Å². The van der Waals surface area contributed by atoms with E-state index in [9.17, 15) is 10.4 Å². The molecule has 2 aromatic heterocycles. The molecular weight excluding hydrogens is 440 g/mol. The van der Waals surface area contributed by atoms with Gasteiger partial charge in [-0.15, -0.1) is 0 Å². The van der Waals surface area contributed by atoms with Crippen LogP contribution in [0, 0.1) is 11.3 Å². The highest BCUT2D eigenvalue weighted by Crippen LogP contribution is 2.31. The first-order valence-corrected chi connectivity index (χ1v) is 12.1. The highest BCUT2D eigenvalue weighted by atomic mass is 16.5. The number of benzene rings is 1. The van der Waals surface area contributed by atoms with E-state index in [1.54, 1.807) is 19.3 Å². The van der Waals surface area contributed by atoms with Gasteiger partial charge in [-0.1, -0.05) is 31.4 Å². The van der Waals surface area contributed by atoms with E-state index >= 15 is 0 Å². The summed E-state index contributed by atoms with van der Waals surface area (Å²) in [6.07, 6.45) is 7.08. The van der Waals surface area contributed by atoms with Gasteiger partial charge in [0.25, 0.3) is 0 Å². The van der Waals surface area contributed by atoms with Gasteiger partial charge >= 0.3 is 0 Å². The lowest BCUT2D eigenvalue weighted by atomic mass is 9.94. The van der Waals surface area contributed by atoms with E-state index in [4.69, 9.17) is 14.7 Å². The smallest absolute Gasteiger partial charge is 0.162 e. The average Bonchev–Trinajstić information content (AvgIpc) is 2.92. The van der Waals surface area contributed by atoms with Gasteiger partial charge in [-0.2, -0.15) is 5.26 Å². The molecule has 2 N–H and O–H groups in total. The zero-order chi connectivity index (χ0) is 24.6. The van der Waals surface area contributed by atoms with E-state index < -0.39 is 6.10 Å². The maximum atomic E-state index is 9.98. The zero-order valence-corrected chi connectivity index (χ0v) is 20.3. The Bertz CT molecular complexity index is 1170. The molecule has 2 heterocycles. The van der Waals surface area contributed by atoms with Crippen LogP contribution in [-0.4, -0.2) is 59.5 Å². The molecule has 1 unspecified atom stereocenters. The summed E-state index contributed by atoms with van der Waals surface area (Å²) in [4.78, 5) is 16.1. The van der Waals surface area contributed by atoms with Crippen molar-refractivity contribution in [2.24, 2.45) is 0 Å². The van der Waals surface area contributed by atoms with Crippen molar-refractivity contribution in [2.75, 3.05) is 32.1 Å². The Hall–Kier alpha value is -3.54. The molecule has 0 bridgehead atoms. The molecule has 0 radical (unpaired) electrons. The molecule has 1 atom stereocenters. The highest BCUT2D eigenvalue weighted by molar-refractivity contribution is 5.69. The summed E-state index contributed by atoms with van der Waals surface area (Å²) < 4.78 is 5.80.